The maximum Gasteiger partial charge on any atom is 0.237 e. The molecule has 17 heavy (non-hydrogen) atoms. The van der Waals surface area contributed by atoms with Gasteiger partial charge in [0.05, 0.1) is 5.92 Å². The Morgan fingerprint density at radius 3 is 3.00 bits per heavy atom. The van der Waals surface area contributed by atoms with E-state index in [0.717, 1.165) is 26.1 Å². The average Bonchev–Trinajstić information content (AvgIpc) is 2.91. The average molecular weight is 238 g/mol. The molecule has 0 aromatic carbocycles. The van der Waals surface area contributed by atoms with Gasteiger partial charge in [-0.15, -0.1) is 0 Å². The summed E-state index contributed by atoms with van der Waals surface area (Å²) in [5.74, 6) is 1.45. The highest BCUT2D eigenvalue weighted by molar-refractivity contribution is 5.82. The lowest BCUT2D eigenvalue weighted by atomic mass is 10.0. The van der Waals surface area contributed by atoms with Crippen LogP contribution in [0.15, 0.2) is 4.52 Å². The van der Waals surface area contributed by atoms with Gasteiger partial charge in [-0.2, -0.15) is 4.98 Å². The SMILES string of the molecule is CCC(C(C)=O)c1nc(CC2CCOC2)no1. The summed E-state index contributed by atoms with van der Waals surface area (Å²) in [6.07, 6.45) is 2.52. The summed E-state index contributed by atoms with van der Waals surface area (Å²) >= 11 is 0. The molecule has 0 spiro atoms. The summed E-state index contributed by atoms with van der Waals surface area (Å²) in [6, 6.07) is 0. The fourth-order valence-corrected chi connectivity index (χ4v) is 2.13. The fourth-order valence-electron chi connectivity index (χ4n) is 2.13. The zero-order valence-corrected chi connectivity index (χ0v) is 10.3. The zero-order valence-electron chi connectivity index (χ0n) is 10.3. The van der Waals surface area contributed by atoms with Gasteiger partial charge >= 0.3 is 0 Å². The van der Waals surface area contributed by atoms with Crippen molar-refractivity contribution in [3.8, 4) is 0 Å². The second kappa shape index (κ2) is 5.40. The third kappa shape index (κ3) is 2.91. The van der Waals surface area contributed by atoms with E-state index in [2.05, 4.69) is 10.1 Å². The van der Waals surface area contributed by atoms with Gasteiger partial charge in [0.1, 0.15) is 5.78 Å². The molecule has 0 bridgehead atoms. The summed E-state index contributed by atoms with van der Waals surface area (Å²) < 4.78 is 10.5. The van der Waals surface area contributed by atoms with Crippen molar-refractivity contribution in [1.29, 1.82) is 0 Å². The van der Waals surface area contributed by atoms with E-state index in [-0.39, 0.29) is 11.7 Å². The molecule has 94 valence electrons. The molecule has 2 unspecified atom stereocenters. The lowest BCUT2D eigenvalue weighted by molar-refractivity contribution is -0.119. The van der Waals surface area contributed by atoms with Crippen molar-refractivity contribution in [3.63, 3.8) is 0 Å². The fraction of sp³-hybridized carbons (Fsp3) is 0.750. The third-order valence-electron chi connectivity index (χ3n) is 3.18. The number of nitrogens with zero attached hydrogens (tertiary/aromatic N) is 2. The number of Topliss-reactive ketones (excluding diaryl/α,β-unsaturated/α-hetero) is 1. The highest BCUT2D eigenvalue weighted by Gasteiger charge is 2.23. The van der Waals surface area contributed by atoms with Crippen molar-refractivity contribution in [3.05, 3.63) is 11.7 Å². The maximum atomic E-state index is 11.4. The quantitative estimate of drug-likeness (QED) is 0.781. The topological polar surface area (TPSA) is 65.2 Å². The van der Waals surface area contributed by atoms with Crippen LogP contribution in [-0.4, -0.2) is 29.1 Å². The van der Waals surface area contributed by atoms with Crippen LogP contribution in [0.1, 0.15) is 44.3 Å². The molecule has 0 amide bonds. The third-order valence-corrected chi connectivity index (χ3v) is 3.18. The minimum Gasteiger partial charge on any atom is -0.381 e. The second-order valence-corrected chi connectivity index (χ2v) is 4.55. The van der Waals surface area contributed by atoms with Crippen molar-refractivity contribution in [1.82, 2.24) is 10.1 Å². The number of aromatic nitrogens is 2. The van der Waals surface area contributed by atoms with Crippen molar-refractivity contribution in [2.45, 2.75) is 39.0 Å². The normalized spacial score (nSPS) is 21.6. The first-order valence-corrected chi connectivity index (χ1v) is 6.11. The minimum absolute atomic E-state index is 0.0758. The predicted molar refractivity (Wildman–Crippen MR) is 60.6 cm³/mol. The molecule has 1 aliphatic heterocycles. The van der Waals surface area contributed by atoms with E-state index < -0.39 is 0 Å². The molecule has 1 aromatic heterocycles. The van der Waals surface area contributed by atoms with Crippen LogP contribution >= 0.6 is 0 Å². The van der Waals surface area contributed by atoms with Gasteiger partial charge in [-0.25, -0.2) is 0 Å². The van der Waals surface area contributed by atoms with Crippen LogP contribution in [0.3, 0.4) is 0 Å². The summed E-state index contributed by atoms with van der Waals surface area (Å²) in [7, 11) is 0. The lowest BCUT2D eigenvalue weighted by Crippen LogP contribution is -2.09. The Labute approximate surface area is 101 Å². The zero-order chi connectivity index (χ0) is 12.3. The summed E-state index contributed by atoms with van der Waals surface area (Å²) in [5, 5.41) is 3.94. The summed E-state index contributed by atoms with van der Waals surface area (Å²) in [4.78, 5) is 15.7. The number of hydrogen-bond acceptors (Lipinski definition) is 5. The van der Waals surface area contributed by atoms with Gasteiger partial charge in [0.25, 0.3) is 0 Å². The summed E-state index contributed by atoms with van der Waals surface area (Å²) in [5.41, 5.74) is 0. The molecule has 5 heteroatoms. The Morgan fingerprint density at radius 2 is 2.41 bits per heavy atom. The Bertz CT molecular complexity index is 383. The minimum atomic E-state index is -0.254. The number of ketones is 1. The van der Waals surface area contributed by atoms with Crippen molar-refractivity contribution in [2.24, 2.45) is 5.92 Å². The smallest absolute Gasteiger partial charge is 0.237 e. The number of rotatable bonds is 5. The number of ether oxygens (including phenoxy) is 1. The van der Waals surface area contributed by atoms with E-state index in [9.17, 15) is 4.79 Å². The molecule has 2 rings (SSSR count). The van der Waals surface area contributed by atoms with Crippen molar-refractivity contribution < 1.29 is 14.1 Å². The monoisotopic (exact) mass is 238 g/mol. The lowest BCUT2D eigenvalue weighted by Gasteiger charge is -2.04. The molecule has 0 N–H and O–H groups in total. The van der Waals surface area contributed by atoms with E-state index in [1.807, 2.05) is 6.92 Å². The first kappa shape index (κ1) is 12.2. The predicted octanol–water partition coefficient (Wildman–Crippen LogP) is 1.73. The number of carbonyl (C=O) groups is 1. The molecular formula is C12H18N2O3. The molecular weight excluding hydrogens is 220 g/mol. The van der Waals surface area contributed by atoms with Crippen molar-refractivity contribution in [2.75, 3.05) is 13.2 Å². The Kier molecular flexibility index (Phi) is 3.89. The number of hydrogen-bond donors (Lipinski definition) is 0. The first-order chi connectivity index (χ1) is 8.20. The Hall–Kier alpha value is -1.23. The van der Waals surface area contributed by atoms with Crippen LogP contribution in [0.4, 0.5) is 0 Å². The Balaban J connectivity index is 2.01. The van der Waals surface area contributed by atoms with E-state index in [1.54, 1.807) is 6.92 Å². The van der Waals surface area contributed by atoms with Gasteiger partial charge < -0.3 is 9.26 Å². The van der Waals surface area contributed by atoms with Gasteiger partial charge in [-0.3, -0.25) is 4.79 Å². The molecule has 1 fully saturated rings. The van der Waals surface area contributed by atoms with Crippen LogP contribution in [-0.2, 0) is 16.0 Å². The van der Waals surface area contributed by atoms with Gasteiger partial charge in [-0.1, -0.05) is 12.1 Å². The molecule has 1 aromatic rings. The van der Waals surface area contributed by atoms with E-state index in [4.69, 9.17) is 9.26 Å². The van der Waals surface area contributed by atoms with Crippen molar-refractivity contribution >= 4 is 5.78 Å². The molecule has 1 saturated heterocycles. The van der Waals surface area contributed by atoms with Crippen LogP contribution in [0, 0.1) is 5.92 Å². The highest BCUT2D eigenvalue weighted by atomic mass is 16.5. The largest absolute Gasteiger partial charge is 0.381 e. The van der Waals surface area contributed by atoms with Gasteiger partial charge in [0.15, 0.2) is 5.82 Å². The van der Waals surface area contributed by atoms with Gasteiger partial charge in [0, 0.05) is 19.6 Å². The highest BCUT2D eigenvalue weighted by Crippen LogP contribution is 2.21. The molecule has 5 nitrogen and oxygen atoms in total. The second-order valence-electron chi connectivity index (χ2n) is 4.55. The molecule has 2 heterocycles. The molecule has 2 atom stereocenters. The van der Waals surface area contributed by atoms with Crippen LogP contribution in [0.25, 0.3) is 0 Å². The van der Waals surface area contributed by atoms with Gasteiger partial charge in [0.2, 0.25) is 5.89 Å². The first-order valence-electron chi connectivity index (χ1n) is 6.11. The molecule has 0 aliphatic carbocycles. The van der Waals surface area contributed by atoms with Crippen LogP contribution < -0.4 is 0 Å². The van der Waals surface area contributed by atoms with E-state index in [0.29, 0.717) is 24.1 Å². The molecule has 0 saturated carbocycles. The number of carbonyl (C=O) groups excluding carboxylic acids is 1. The van der Waals surface area contributed by atoms with E-state index in [1.165, 1.54) is 0 Å². The van der Waals surface area contributed by atoms with Gasteiger partial charge in [-0.05, 0) is 25.7 Å². The standard InChI is InChI=1S/C12H18N2O3/c1-3-10(8(2)15)12-13-11(14-17-12)6-9-4-5-16-7-9/h9-10H,3-7H2,1-2H3. The molecule has 1 aliphatic rings. The van der Waals surface area contributed by atoms with Crippen LogP contribution in [0.2, 0.25) is 0 Å². The van der Waals surface area contributed by atoms with E-state index >= 15 is 0 Å². The maximum absolute atomic E-state index is 11.4. The summed E-state index contributed by atoms with van der Waals surface area (Å²) in [6.45, 7) is 5.10. The molecule has 0 radical (unpaired) electrons. The Morgan fingerprint density at radius 1 is 1.59 bits per heavy atom. The van der Waals surface area contributed by atoms with Crippen LogP contribution in [0.5, 0.6) is 0 Å².